The Kier molecular flexibility index (Phi) is 6.23. The van der Waals surface area contributed by atoms with Gasteiger partial charge in [0.05, 0.1) is 18.2 Å². The first-order valence-electron chi connectivity index (χ1n) is 10.5. The van der Waals surface area contributed by atoms with Crippen molar-refractivity contribution in [3.63, 3.8) is 0 Å². The molecule has 3 aromatic rings. The maximum atomic E-state index is 13.0. The number of methoxy groups -OCH3 is 1. The molecular formula is C24H23N3O6. The molecule has 1 aliphatic rings. The molecule has 33 heavy (non-hydrogen) atoms. The molecule has 1 aliphatic heterocycles. The molecule has 0 saturated heterocycles. The monoisotopic (exact) mass is 449 g/mol. The number of fused-ring (bicyclic) bond motifs is 2. The molecule has 2 aromatic carbocycles. The molecule has 3 amide bonds. The maximum absolute atomic E-state index is 13.0. The molecule has 0 saturated carbocycles. The van der Waals surface area contributed by atoms with Gasteiger partial charge in [-0.05, 0) is 48.2 Å². The van der Waals surface area contributed by atoms with Crippen LogP contribution in [0.25, 0.3) is 10.9 Å². The fourth-order valence-electron chi connectivity index (χ4n) is 4.17. The molecule has 1 aromatic heterocycles. The van der Waals surface area contributed by atoms with Crippen LogP contribution in [0.4, 0.5) is 0 Å². The van der Waals surface area contributed by atoms with E-state index >= 15 is 0 Å². The van der Waals surface area contributed by atoms with E-state index in [2.05, 4.69) is 4.98 Å². The third-order valence-corrected chi connectivity index (χ3v) is 5.85. The fraction of sp³-hybridized carbons (Fsp3) is 0.250. The molecule has 2 heterocycles. The molecule has 9 nitrogen and oxygen atoms in total. The first kappa shape index (κ1) is 22.2. The second kappa shape index (κ2) is 9.25. The molecule has 4 rings (SSSR count). The van der Waals surface area contributed by atoms with Crippen molar-refractivity contribution < 1.29 is 29.1 Å². The van der Waals surface area contributed by atoms with Crippen LogP contribution in [0.1, 0.15) is 44.7 Å². The molecular weight excluding hydrogens is 426 g/mol. The summed E-state index contributed by atoms with van der Waals surface area (Å²) in [6.45, 7) is 0. The number of ether oxygens (including phenoxy) is 1. The van der Waals surface area contributed by atoms with Crippen LogP contribution in [0.3, 0.4) is 0 Å². The lowest BCUT2D eigenvalue weighted by Gasteiger charge is -2.23. The number of hydroxylamine groups is 1. The van der Waals surface area contributed by atoms with Crippen LogP contribution in [0, 0.1) is 0 Å². The van der Waals surface area contributed by atoms with Gasteiger partial charge in [0, 0.05) is 29.9 Å². The maximum Gasteiger partial charge on any atom is 0.329 e. The van der Waals surface area contributed by atoms with E-state index in [9.17, 15) is 19.2 Å². The minimum Gasteiger partial charge on any atom is -0.467 e. The summed E-state index contributed by atoms with van der Waals surface area (Å²) in [6, 6.07) is 11.2. The van der Waals surface area contributed by atoms with E-state index in [1.165, 1.54) is 7.11 Å². The highest BCUT2D eigenvalue weighted by molar-refractivity contribution is 6.22. The number of nitrogens with zero attached hydrogens (tertiary/aromatic N) is 1. The number of amides is 3. The lowest BCUT2D eigenvalue weighted by molar-refractivity contribution is -0.145. The summed E-state index contributed by atoms with van der Waals surface area (Å²) in [5.74, 6) is -2.16. The van der Waals surface area contributed by atoms with Crippen LogP contribution in [0.15, 0.2) is 48.7 Å². The third kappa shape index (κ3) is 4.22. The van der Waals surface area contributed by atoms with Crippen molar-refractivity contribution in [1.82, 2.24) is 15.4 Å². The van der Waals surface area contributed by atoms with E-state index in [1.807, 2.05) is 18.2 Å². The number of imide groups is 1. The number of benzene rings is 2. The van der Waals surface area contributed by atoms with Crippen molar-refractivity contribution in [2.24, 2.45) is 0 Å². The molecule has 170 valence electrons. The number of hydrogen-bond donors (Lipinski definition) is 3. The Labute approximate surface area is 189 Å². The number of aromatic nitrogens is 1. The second-order valence-electron chi connectivity index (χ2n) is 7.85. The summed E-state index contributed by atoms with van der Waals surface area (Å²) >= 11 is 0. The summed E-state index contributed by atoms with van der Waals surface area (Å²) in [7, 11) is 1.23. The Balaban J connectivity index is 1.61. The number of H-pyrrole nitrogens is 1. The quantitative estimate of drug-likeness (QED) is 0.210. The summed E-state index contributed by atoms with van der Waals surface area (Å²) in [5, 5.41) is 9.47. The standard InChI is InChI=1S/C24H23N3O6/c1-33-24(31)20(27-22(29)16-6-2-3-7-17(16)23(27)30)12-15-13-25-19-10-9-14(11-18(15)19)5-4-8-21(28)26-32/h2-3,6-7,9-11,13,20,25,32H,4-5,8,12H2,1H3,(H,26,28)/t20-/m0/s1. The van der Waals surface area contributed by atoms with Gasteiger partial charge in [-0.2, -0.15) is 0 Å². The van der Waals surface area contributed by atoms with Crippen molar-refractivity contribution in [3.05, 3.63) is 70.9 Å². The Hall–Kier alpha value is -3.98. The van der Waals surface area contributed by atoms with Gasteiger partial charge >= 0.3 is 5.97 Å². The predicted molar refractivity (Wildman–Crippen MR) is 118 cm³/mol. The summed E-state index contributed by atoms with van der Waals surface area (Å²) in [4.78, 5) is 53.9. The lowest BCUT2D eigenvalue weighted by atomic mass is 10.0. The number of esters is 1. The van der Waals surface area contributed by atoms with Crippen molar-refractivity contribution in [2.75, 3.05) is 7.11 Å². The number of carbonyl (C=O) groups is 4. The Morgan fingerprint density at radius 3 is 2.45 bits per heavy atom. The van der Waals surface area contributed by atoms with E-state index in [1.54, 1.807) is 35.9 Å². The molecule has 1 atom stereocenters. The van der Waals surface area contributed by atoms with Gasteiger partial charge in [-0.25, -0.2) is 10.3 Å². The van der Waals surface area contributed by atoms with Crippen LogP contribution in [0.5, 0.6) is 0 Å². The highest BCUT2D eigenvalue weighted by Gasteiger charge is 2.43. The highest BCUT2D eigenvalue weighted by Crippen LogP contribution is 2.28. The van der Waals surface area contributed by atoms with E-state index in [0.717, 1.165) is 26.9 Å². The molecule has 3 N–H and O–H groups in total. The minimum atomic E-state index is -1.11. The molecule has 9 heteroatoms. The molecule has 0 aliphatic carbocycles. The Morgan fingerprint density at radius 2 is 1.82 bits per heavy atom. The SMILES string of the molecule is COC(=O)[C@H](Cc1c[nH]c2ccc(CCCC(=O)NO)cc12)N1C(=O)c2ccccc2C1=O. The zero-order valence-electron chi connectivity index (χ0n) is 18.0. The third-order valence-electron chi connectivity index (χ3n) is 5.85. The van der Waals surface area contributed by atoms with Gasteiger partial charge < -0.3 is 9.72 Å². The van der Waals surface area contributed by atoms with Crippen molar-refractivity contribution in [3.8, 4) is 0 Å². The van der Waals surface area contributed by atoms with E-state index in [0.29, 0.717) is 12.8 Å². The summed E-state index contributed by atoms with van der Waals surface area (Å²) in [5.41, 5.74) is 4.73. The first-order valence-corrected chi connectivity index (χ1v) is 10.5. The Bertz CT molecular complexity index is 1210. The van der Waals surface area contributed by atoms with Crippen molar-refractivity contribution in [1.29, 1.82) is 0 Å². The summed E-state index contributed by atoms with van der Waals surface area (Å²) in [6.07, 6.45) is 3.21. The number of nitrogens with one attached hydrogen (secondary N) is 2. The second-order valence-corrected chi connectivity index (χ2v) is 7.85. The molecule has 0 bridgehead atoms. The van der Waals surface area contributed by atoms with Crippen LogP contribution in [0.2, 0.25) is 0 Å². The number of hydrogen-bond acceptors (Lipinski definition) is 6. The van der Waals surface area contributed by atoms with E-state index in [-0.39, 0.29) is 24.0 Å². The van der Waals surface area contributed by atoms with Gasteiger partial charge in [-0.1, -0.05) is 18.2 Å². The van der Waals surface area contributed by atoms with Crippen LogP contribution in [-0.2, 0) is 27.2 Å². The highest BCUT2D eigenvalue weighted by atomic mass is 16.5. The number of rotatable bonds is 8. The normalized spacial score (nSPS) is 13.8. The van der Waals surface area contributed by atoms with Gasteiger partial charge in [-0.3, -0.25) is 24.5 Å². The zero-order chi connectivity index (χ0) is 23.5. The molecule has 0 radical (unpaired) electrons. The molecule has 0 unspecified atom stereocenters. The van der Waals surface area contributed by atoms with Crippen molar-refractivity contribution in [2.45, 2.75) is 31.7 Å². The largest absolute Gasteiger partial charge is 0.467 e. The van der Waals surface area contributed by atoms with Crippen LogP contribution >= 0.6 is 0 Å². The number of aromatic amines is 1. The predicted octanol–water partition coefficient (Wildman–Crippen LogP) is 2.38. The van der Waals surface area contributed by atoms with Gasteiger partial charge in [0.2, 0.25) is 5.91 Å². The van der Waals surface area contributed by atoms with Gasteiger partial charge in [0.25, 0.3) is 11.8 Å². The van der Waals surface area contributed by atoms with Crippen LogP contribution < -0.4 is 5.48 Å². The first-order chi connectivity index (χ1) is 15.9. The minimum absolute atomic E-state index is 0.0918. The van der Waals surface area contributed by atoms with Gasteiger partial charge in [0.15, 0.2) is 0 Å². The van der Waals surface area contributed by atoms with Crippen molar-refractivity contribution >= 4 is 34.6 Å². The fourth-order valence-corrected chi connectivity index (χ4v) is 4.17. The topological polar surface area (TPSA) is 129 Å². The van der Waals surface area contributed by atoms with Gasteiger partial charge in [0.1, 0.15) is 6.04 Å². The summed E-state index contributed by atoms with van der Waals surface area (Å²) < 4.78 is 4.94. The van der Waals surface area contributed by atoms with E-state index < -0.39 is 29.7 Å². The number of carbonyl (C=O) groups excluding carboxylic acids is 4. The van der Waals surface area contributed by atoms with Crippen LogP contribution in [-0.4, -0.2) is 51.9 Å². The average Bonchev–Trinajstić information content (AvgIpc) is 3.35. The van der Waals surface area contributed by atoms with E-state index in [4.69, 9.17) is 9.94 Å². The smallest absolute Gasteiger partial charge is 0.329 e. The Morgan fingerprint density at radius 1 is 1.12 bits per heavy atom. The zero-order valence-corrected chi connectivity index (χ0v) is 18.0. The van der Waals surface area contributed by atoms with Gasteiger partial charge in [-0.15, -0.1) is 0 Å². The molecule has 0 spiro atoms. The number of aryl methyl sites for hydroxylation is 1. The molecule has 0 fully saturated rings. The average molecular weight is 449 g/mol. The lowest BCUT2D eigenvalue weighted by Crippen LogP contribution is -2.46.